The van der Waals surface area contributed by atoms with Crippen molar-refractivity contribution in [3.8, 4) is 11.3 Å². The third-order valence-electron chi connectivity index (χ3n) is 4.63. The highest BCUT2D eigenvalue weighted by atomic mass is 16.5. The van der Waals surface area contributed by atoms with Crippen LogP contribution in [0.25, 0.3) is 11.3 Å². The summed E-state index contributed by atoms with van der Waals surface area (Å²) in [6.45, 7) is 5.91. The number of aromatic nitrogens is 2. The van der Waals surface area contributed by atoms with Crippen LogP contribution >= 0.6 is 0 Å². The van der Waals surface area contributed by atoms with Crippen molar-refractivity contribution in [2.75, 3.05) is 50.0 Å². The summed E-state index contributed by atoms with van der Waals surface area (Å²) in [5.41, 5.74) is 1.94. The topological polar surface area (TPSA) is 75.5 Å². The summed E-state index contributed by atoms with van der Waals surface area (Å²) in [5.74, 6) is 2.23. The predicted octanol–water partition coefficient (Wildman–Crippen LogP) is 3.09. The second-order valence-corrected chi connectivity index (χ2v) is 6.64. The highest BCUT2D eigenvalue weighted by Crippen LogP contribution is 2.21. The molecule has 1 aliphatic heterocycles. The number of nitrogens with one attached hydrogen (secondary N) is 2. The van der Waals surface area contributed by atoms with E-state index in [2.05, 4.69) is 37.6 Å². The number of hydrogen-bond acceptors (Lipinski definition) is 7. The molecule has 0 bridgehead atoms. The molecule has 146 valence electrons. The molecular formula is C21H25N5O2. The fourth-order valence-corrected chi connectivity index (χ4v) is 3.12. The van der Waals surface area contributed by atoms with Gasteiger partial charge in [-0.25, -0.2) is 4.98 Å². The van der Waals surface area contributed by atoms with Crippen LogP contribution in [0.2, 0.25) is 0 Å². The molecule has 7 nitrogen and oxygen atoms in total. The monoisotopic (exact) mass is 379 g/mol. The zero-order valence-corrected chi connectivity index (χ0v) is 15.8. The molecule has 1 aromatic carbocycles. The summed E-state index contributed by atoms with van der Waals surface area (Å²) in [4.78, 5) is 11.7. The van der Waals surface area contributed by atoms with Crippen molar-refractivity contribution in [3.05, 3.63) is 60.6 Å². The SMILES string of the molecule is c1ccc(-c2cc(NCCN3CCOCC3)nc(NCc3ccco3)n2)cc1. The number of hydrogen-bond donors (Lipinski definition) is 2. The third-order valence-corrected chi connectivity index (χ3v) is 4.63. The number of nitrogens with zero attached hydrogens (tertiary/aromatic N) is 3. The zero-order valence-electron chi connectivity index (χ0n) is 15.8. The molecule has 0 aliphatic carbocycles. The van der Waals surface area contributed by atoms with E-state index in [1.807, 2.05) is 36.4 Å². The Kier molecular flexibility index (Phi) is 6.16. The molecule has 2 N–H and O–H groups in total. The first-order valence-corrected chi connectivity index (χ1v) is 9.61. The van der Waals surface area contributed by atoms with Crippen molar-refractivity contribution in [2.24, 2.45) is 0 Å². The van der Waals surface area contributed by atoms with Crippen molar-refractivity contribution in [1.82, 2.24) is 14.9 Å². The maximum absolute atomic E-state index is 5.40. The van der Waals surface area contributed by atoms with E-state index in [1.54, 1.807) is 6.26 Å². The Bertz CT molecular complexity index is 848. The zero-order chi connectivity index (χ0) is 19.0. The Morgan fingerprint density at radius 3 is 2.61 bits per heavy atom. The van der Waals surface area contributed by atoms with E-state index in [4.69, 9.17) is 9.15 Å². The van der Waals surface area contributed by atoms with E-state index in [-0.39, 0.29) is 0 Å². The lowest BCUT2D eigenvalue weighted by Crippen LogP contribution is -2.39. The summed E-state index contributed by atoms with van der Waals surface area (Å²) < 4.78 is 10.8. The fourth-order valence-electron chi connectivity index (χ4n) is 3.12. The summed E-state index contributed by atoms with van der Waals surface area (Å²) >= 11 is 0. The summed E-state index contributed by atoms with van der Waals surface area (Å²) in [7, 11) is 0. The van der Waals surface area contributed by atoms with Gasteiger partial charge in [-0.15, -0.1) is 0 Å². The minimum Gasteiger partial charge on any atom is -0.467 e. The van der Waals surface area contributed by atoms with Gasteiger partial charge >= 0.3 is 0 Å². The number of rotatable bonds is 8. The predicted molar refractivity (Wildman–Crippen MR) is 109 cm³/mol. The number of benzene rings is 1. The maximum atomic E-state index is 5.40. The quantitative estimate of drug-likeness (QED) is 0.623. The molecule has 0 saturated carbocycles. The van der Waals surface area contributed by atoms with Crippen LogP contribution in [0.3, 0.4) is 0 Å². The average Bonchev–Trinajstić information content (AvgIpc) is 3.27. The number of anilines is 2. The third kappa shape index (κ3) is 5.09. The minimum atomic E-state index is 0.540. The molecule has 1 aliphatic rings. The van der Waals surface area contributed by atoms with Crippen molar-refractivity contribution >= 4 is 11.8 Å². The molecule has 1 fully saturated rings. The Balaban J connectivity index is 1.46. The molecule has 4 rings (SSSR count). The van der Waals surface area contributed by atoms with E-state index in [0.29, 0.717) is 12.5 Å². The van der Waals surface area contributed by atoms with Gasteiger partial charge in [-0.2, -0.15) is 4.98 Å². The largest absolute Gasteiger partial charge is 0.467 e. The number of ether oxygens (including phenoxy) is 1. The Morgan fingerprint density at radius 2 is 1.82 bits per heavy atom. The van der Waals surface area contributed by atoms with Crippen LogP contribution in [0.15, 0.2) is 59.2 Å². The number of morpholine rings is 1. The van der Waals surface area contributed by atoms with E-state index < -0.39 is 0 Å². The van der Waals surface area contributed by atoms with E-state index in [9.17, 15) is 0 Å². The molecule has 7 heteroatoms. The van der Waals surface area contributed by atoms with Crippen LogP contribution in [-0.2, 0) is 11.3 Å². The van der Waals surface area contributed by atoms with E-state index in [0.717, 1.165) is 62.2 Å². The van der Waals surface area contributed by atoms with Crippen LogP contribution in [0, 0.1) is 0 Å². The van der Waals surface area contributed by atoms with Gasteiger partial charge < -0.3 is 19.8 Å². The normalized spacial score (nSPS) is 14.7. The van der Waals surface area contributed by atoms with Crippen molar-refractivity contribution < 1.29 is 9.15 Å². The van der Waals surface area contributed by atoms with Gasteiger partial charge in [-0.05, 0) is 12.1 Å². The van der Waals surface area contributed by atoms with Gasteiger partial charge in [0.15, 0.2) is 0 Å². The van der Waals surface area contributed by atoms with Crippen molar-refractivity contribution in [3.63, 3.8) is 0 Å². The van der Waals surface area contributed by atoms with Crippen molar-refractivity contribution in [2.45, 2.75) is 6.54 Å². The molecule has 0 amide bonds. The second-order valence-electron chi connectivity index (χ2n) is 6.64. The lowest BCUT2D eigenvalue weighted by atomic mass is 10.1. The van der Waals surface area contributed by atoms with Crippen LogP contribution in [-0.4, -0.2) is 54.3 Å². The first-order valence-electron chi connectivity index (χ1n) is 9.61. The van der Waals surface area contributed by atoms with Gasteiger partial charge in [0.2, 0.25) is 5.95 Å². The lowest BCUT2D eigenvalue weighted by molar-refractivity contribution is 0.0398. The van der Waals surface area contributed by atoms with Crippen LogP contribution in [0.5, 0.6) is 0 Å². The smallest absolute Gasteiger partial charge is 0.225 e. The second kappa shape index (κ2) is 9.34. The van der Waals surface area contributed by atoms with Crippen LogP contribution < -0.4 is 10.6 Å². The molecule has 0 atom stereocenters. The highest BCUT2D eigenvalue weighted by molar-refractivity contribution is 5.64. The van der Waals surface area contributed by atoms with Crippen molar-refractivity contribution in [1.29, 1.82) is 0 Å². The summed E-state index contributed by atoms with van der Waals surface area (Å²) in [6, 6.07) is 15.9. The lowest BCUT2D eigenvalue weighted by Gasteiger charge is -2.26. The van der Waals surface area contributed by atoms with Gasteiger partial charge in [0.05, 0.1) is 31.7 Å². The van der Waals surface area contributed by atoms with E-state index >= 15 is 0 Å². The standard InChI is InChI=1S/C21H25N5O2/c1-2-5-17(6-3-1)19-15-20(22-8-9-26-10-13-27-14-11-26)25-21(24-19)23-16-18-7-4-12-28-18/h1-7,12,15H,8-11,13-14,16H2,(H2,22,23,24,25). The highest BCUT2D eigenvalue weighted by Gasteiger charge is 2.11. The molecule has 0 radical (unpaired) electrons. The minimum absolute atomic E-state index is 0.540. The Hall–Kier alpha value is -2.90. The van der Waals surface area contributed by atoms with Gasteiger partial charge in [0.1, 0.15) is 11.6 Å². The molecule has 0 spiro atoms. The molecule has 3 aromatic rings. The molecule has 3 heterocycles. The number of furan rings is 1. The van der Waals surface area contributed by atoms with Crippen LogP contribution in [0.4, 0.5) is 11.8 Å². The van der Waals surface area contributed by atoms with Gasteiger partial charge in [-0.3, -0.25) is 4.90 Å². The van der Waals surface area contributed by atoms with Gasteiger partial charge in [-0.1, -0.05) is 30.3 Å². The summed E-state index contributed by atoms with van der Waals surface area (Å²) in [6.07, 6.45) is 1.66. The molecule has 2 aromatic heterocycles. The summed E-state index contributed by atoms with van der Waals surface area (Å²) in [5, 5.41) is 6.69. The molecule has 0 unspecified atom stereocenters. The first-order chi connectivity index (χ1) is 13.9. The van der Waals surface area contributed by atoms with Crippen LogP contribution in [0.1, 0.15) is 5.76 Å². The van der Waals surface area contributed by atoms with E-state index in [1.165, 1.54) is 0 Å². The first kappa shape index (κ1) is 18.5. The van der Waals surface area contributed by atoms with Gasteiger partial charge in [0, 0.05) is 37.8 Å². The fraction of sp³-hybridized carbons (Fsp3) is 0.333. The molecular weight excluding hydrogens is 354 g/mol. The Morgan fingerprint density at radius 1 is 0.964 bits per heavy atom. The molecule has 1 saturated heterocycles. The van der Waals surface area contributed by atoms with Gasteiger partial charge in [0.25, 0.3) is 0 Å². The average molecular weight is 379 g/mol. The maximum Gasteiger partial charge on any atom is 0.225 e. The Labute approximate surface area is 164 Å². The molecule has 28 heavy (non-hydrogen) atoms.